The molecule has 4 heteroatoms. The van der Waals surface area contributed by atoms with Gasteiger partial charge in [-0.2, -0.15) is 0 Å². The van der Waals surface area contributed by atoms with Gasteiger partial charge in [0.25, 0.3) is 0 Å². The number of hydrogen-bond donors (Lipinski definition) is 3. The van der Waals surface area contributed by atoms with Crippen molar-refractivity contribution in [3.63, 3.8) is 0 Å². The summed E-state index contributed by atoms with van der Waals surface area (Å²) in [6, 6.07) is -0.536. The summed E-state index contributed by atoms with van der Waals surface area (Å²) in [5.41, 5.74) is 0. The summed E-state index contributed by atoms with van der Waals surface area (Å²) in [5.74, 6) is -0.0274. The molecule has 2 atom stereocenters. The Morgan fingerprint density at radius 2 is 0.683 bits per heavy atom. The van der Waals surface area contributed by atoms with Crippen LogP contribution in [-0.2, 0) is 4.79 Å². The van der Waals surface area contributed by atoms with Crippen molar-refractivity contribution in [1.29, 1.82) is 0 Å². The minimum atomic E-state index is -0.659. The van der Waals surface area contributed by atoms with Gasteiger partial charge in [0.1, 0.15) is 0 Å². The van der Waals surface area contributed by atoms with Crippen LogP contribution in [0.25, 0.3) is 0 Å². The van der Waals surface area contributed by atoms with Crippen molar-refractivity contribution in [2.75, 3.05) is 6.61 Å². The molecule has 1 amide bonds. The molecule has 0 saturated heterocycles. The number of carbonyl (C=O) groups excluding carboxylic acids is 1. The molecule has 0 heterocycles. The Morgan fingerprint density at radius 3 is 1.00 bits per heavy atom. The first-order chi connectivity index (χ1) is 29.7. The number of hydrogen-bond acceptors (Lipinski definition) is 3. The molecular formula is C56H109NO3. The third-order valence-corrected chi connectivity index (χ3v) is 13.0. The second-order valence-electron chi connectivity index (χ2n) is 19.0. The highest BCUT2D eigenvalue weighted by atomic mass is 16.3. The van der Waals surface area contributed by atoms with Gasteiger partial charge in [-0.05, 0) is 44.9 Å². The van der Waals surface area contributed by atoms with Gasteiger partial charge in [0.15, 0.2) is 0 Å². The van der Waals surface area contributed by atoms with Crippen molar-refractivity contribution in [3.8, 4) is 0 Å². The average Bonchev–Trinajstić information content (AvgIpc) is 3.25. The van der Waals surface area contributed by atoms with Crippen LogP contribution in [0, 0.1) is 0 Å². The Morgan fingerprint density at radius 1 is 0.400 bits per heavy atom. The molecule has 0 aliphatic rings. The number of aliphatic hydroxyl groups excluding tert-OH is 2. The maximum atomic E-state index is 12.5. The number of unbranched alkanes of at least 4 members (excludes halogenated alkanes) is 40. The molecule has 0 fully saturated rings. The lowest BCUT2D eigenvalue weighted by molar-refractivity contribution is -0.123. The van der Waals surface area contributed by atoms with Gasteiger partial charge in [-0.3, -0.25) is 4.79 Å². The maximum absolute atomic E-state index is 12.5. The van der Waals surface area contributed by atoms with Gasteiger partial charge < -0.3 is 15.5 Å². The SMILES string of the molecule is CCCCCCC/C=C\C/C=C\CCCCCCCCCCCCCCCC(=O)NC(CO)C(O)CCCCCCCCCCCCCCCCCCCCCCCCC. The predicted molar refractivity (Wildman–Crippen MR) is 267 cm³/mol. The molecule has 0 saturated carbocycles. The smallest absolute Gasteiger partial charge is 0.220 e. The van der Waals surface area contributed by atoms with Crippen molar-refractivity contribution < 1.29 is 15.0 Å². The largest absolute Gasteiger partial charge is 0.394 e. The highest BCUT2D eigenvalue weighted by molar-refractivity contribution is 5.76. The lowest BCUT2D eigenvalue weighted by atomic mass is 10.0. The minimum Gasteiger partial charge on any atom is -0.394 e. The lowest BCUT2D eigenvalue weighted by Gasteiger charge is -2.22. The molecule has 0 aromatic rings. The number of amides is 1. The summed E-state index contributed by atoms with van der Waals surface area (Å²) in [6.07, 6.45) is 68.7. The Balaban J connectivity index is 3.45. The van der Waals surface area contributed by atoms with Crippen molar-refractivity contribution in [1.82, 2.24) is 5.32 Å². The van der Waals surface area contributed by atoms with Crippen LogP contribution in [0.3, 0.4) is 0 Å². The molecule has 2 unspecified atom stereocenters. The van der Waals surface area contributed by atoms with E-state index in [0.717, 1.165) is 32.1 Å². The molecule has 0 aliphatic heterocycles. The minimum absolute atomic E-state index is 0.0274. The fourth-order valence-electron chi connectivity index (χ4n) is 8.75. The van der Waals surface area contributed by atoms with Crippen LogP contribution in [0.15, 0.2) is 24.3 Å². The van der Waals surface area contributed by atoms with E-state index in [0.29, 0.717) is 12.8 Å². The van der Waals surface area contributed by atoms with E-state index >= 15 is 0 Å². The predicted octanol–water partition coefficient (Wildman–Crippen LogP) is 17.9. The standard InChI is InChI=1S/C56H109NO3/c1-3-5-7-9-11-13-15-17-19-21-23-25-27-28-30-32-34-36-38-40-42-44-46-48-50-52-56(60)57-54(53-58)55(59)51-49-47-45-43-41-39-37-35-33-31-29-26-24-22-20-18-16-14-12-10-8-6-4-2/h15,17,21,23,54-55,58-59H,3-14,16,18-20,22,24-53H2,1-2H3,(H,57,60)/b17-15-,23-21-. The summed E-state index contributed by atoms with van der Waals surface area (Å²) >= 11 is 0. The second kappa shape index (κ2) is 52.2. The zero-order valence-electron chi connectivity index (χ0n) is 41.0. The highest BCUT2D eigenvalue weighted by Crippen LogP contribution is 2.18. The van der Waals surface area contributed by atoms with Crippen LogP contribution in [0.4, 0.5) is 0 Å². The molecule has 0 radical (unpaired) electrons. The third kappa shape index (κ3) is 47.9. The molecular weight excluding hydrogens is 735 g/mol. The molecule has 0 aromatic carbocycles. The molecule has 60 heavy (non-hydrogen) atoms. The fraction of sp³-hybridized carbons (Fsp3) is 0.911. The third-order valence-electron chi connectivity index (χ3n) is 13.0. The van der Waals surface area contributed by atoms with E-state index in [-0.39, 0.29) is 12.5 Å². The maximum Gasteiger partial charge on any atom is 0.220 e. The number of nitrogens with one attached hydrogen (secondary N) is 1. The van der Waals surface area contributed by atoms with Gasteiger partial charge in [-0.25, -0.2) is 0 Å². The molecule has 0 spiro atoms. The summed E-state index contributed by atoms with van der Waals surface area (Å²) in [5, 5.41) is 23.3. The number of allylic oxidation sites excluding steroid dienone is 4. The van der Waals surface area contributed by atoms with Gasteiger partial charge >= 0.3 is 0 Å². The first kappa shape index (κ1) is 58.9. The van der Waals surface area contributed by atoms with Gasteiger partial charge in [-0.15, -0.1) is 0 Å². The van der Waals surface area contributed by atoms with Crippen LogP contribution in [-0.4, -0.2) is 34.9 Å². The zero-order chi connectivity index (χ0) is 43.5. The lowest BCUT2D eigenvalue weighted by Crippen LogP contribution is -2.45. The van der Waals surface area contributed by atoms with Crippen molar-refractivity contribution >= 4 is 5.91 Å². The topological polar surface area (TPSA) is 69.6 Å². The van der Waals surface area contributed by atoms with Crippen molar-refractivity contribution in [2.24, 2.45) is 0 Å². The number of carbonyl (C=O) groups is 1. The van der Waals surface area contributed by atoms with Crippen molar-refractivity contribution in [3.05, 3.63) is 24.3 Å². The molecule has 0 rings (SSSR count). The summed E-state index contributed by atoms with van der Waals surface area (Å²) < 4.78 is 0. The molecule has 0 bridgehead atoms. The van der Waals surface area contributed by atoms with E-state index in [4.69, 9.17) is 0 Å². The van der Waals surface area contributed by atoms with Gasteiger partial charge in [0, 0.05) is 6.42 Å². The van der Waals surface area contributed by atoms with E-state index in [9.17, 15) is 15.0 Å². The van der Waals surface area contributed by atoms with E-state index in [2.05, 4.69) is 43.5 Å². The first-order valence-electron chi connectivity index (χ1n) is 27.5. The molecule has 356 valence electrons. The summed E-state index contributed by atoms with van der Waals surface area (Å²) in [4.78, 5) is 12.5. The van der Waals surface area contributed by atoms with Crippen LogP contribution in [0.1, 0.15) is 309 Å². The number of rotatable bonds is 51. The van der Waals surface area contributed by atoms with Gasteiger partial charge in [-0.1, -0.05) is 282 Å². The van der Waals surface area contributed by atoms with Crippen molar-refractivity contribution in [2.45, 2.75) is 321 Å². The van der Waals surface area contributed by atoms with E-state index in [1.54, 1.807) is 0 Å². The summed E-state index contributed by atoms with van der Waals surface area (Å²) in [6.45, 7) is 4.38. The van der Waals surface area contributed by atoms with Crippen LogP contribution in [0.2, 0.25) is 0 Å². The average molecular weight is 844 g/mol. The van der Waals surface area contributed by atoms with Gasteiger partial charge in [0.05, 0.1) is 18.8 Å². The second-order valence-corrected chi connectivity index (χ2v) is 19.0. The Kier molecular flexibility index (Phi) is 51.2. The quantitative estimate of drug-likeness (QED) is 0.0422. The highest BCUT2D eigenvalue weighted by Gasteiger charge is 2.20. The first-order valence-corrected chi connectivity index (χ1v) is 27.5. The van der Waals surface area contributed by atoms with E-state index < -0.39 is 12.1 Å². The fourth-order valence-corrected chi connectivity index (χ4v) is 8.75. The number of aliphatic hydroxyl groups is 2. The normalized spacial score (nSPS) is 12.9. The molecule has 0 aromatic heterocycles. The Bertz CT molecular complexity index is 871. The zero-order valence-corrected chi connectivity index (χ0v) is 41.0. The summed E-state index contributed by atoms with van der Waals surface area (Å²) in [7, 11) is 0. The van der Waals surface area contributed by atoms with Crippen LogP contribution < -0.4 is 5.32 Å². The molecule has 4 nitrogen and oxygen atoms in total. The Hall–Kier alpha value is -1.13. The van der Waals surface area contributed by atoms with E-state index in [1.807, 2.05) is 0 Å². The molecule has 3 N–H and O–H groups in total. The molecule has 0 aliphatic carbocycles. The van der Waals surface area contributed by atoms with Crippen LogP contribution >= 0.6 is 0 Å². The van der Waals surface area contributed by atoms with Gasteiger partial charge in [0.2, 0.25) is 5.91 Å². The Labute approximate surface area is 377 Å². The van der Waals surface area contributed by atoms with E-state index in [1.165, 1.54) is 250 Å². The van der Waals surface area contributed by atoms with Crippen LogP contribution in [0.5, 0.6) is 0 Å². The monoisotopic (exact) mass is 844 g/mol.